The van der Waals surface area contributed by atoms with Crippen molar-refractivity contribution in [2.45, 2.75) is 13.8 Å². The molecule has 7 nitrogen and oxygen atoms in total. The Bertz CT molecular complexity index is 1280. The topological polar surface area (TPSA) is 88.8 Å². The van der Waals surface area contributed by atoms with E-state index in [4.69, 9.17) is 20.8 Å². The largest absolute Gasteiger partial charge is 0.494 e. The van der Waals surface area contributed by atoms with Gasteiger partial charge < -0.3 is 14.5 Å². The maximum atomic E-state index is 12.8. The van der Waals surface area contributed by atoms with Gasteiger partial charge in [0.05, 0.1) is 11.5 Å². The Morgan fingerprint density at radius 1 is 1.15 bits per heavy atom. The fraction of sp³-hybridized carbons (Fsp3) is 0.160. The molecule has 1 saturated heterocycles. The zero-order valence-corrected chi connectivity index (χ0v) is 20.0. The summed E-state index contributed by atoms with van der Waals surface area (Å²) in [5, 5.41) is 2.74. The quantitative estimate of drug-likeness (QED) is 0.404. The number of hydrogen-bond donors (Lipinski definition) is 1. The average Bonchev–Trinajstić information content (AvgIpc) is 3.37. The summed E-state index contributed by atoms with van der Waals surface area (Å²) in [5.74, 6) is 0.667. The van der Waals surface area contributed by atoms with Gasteiger partial charge in [-0.2, -0.15) is 0 Å². The number of nitrogens with one attached hydrogen (secondary N) is 1. The molecule has 0 atom stereocenters. The van der Waals surface area contributed by atoms with Crippen molar-refractivity contribution in [3.05, 3.63) is 75.8 Å². The first-order valence-electron chi connectivity index (χ1n) is 10.5. The van der Waals surface area contributed by atoms with Gasteiger partial charge in [0.2, 0.25) is 5.91 Å². The number of rotatable bonds is 7. The number of anilines is 1. The van der Waals surface area contributed by atoms with Crippen LogP contribution in [0.3, 0.4) is 0 Å². The lowest BCUT2D eigenvalue weighted by molar-refractivity contribution is -0.127. The SMILES string of the molecule is CCOc1ccc(NC(=O)CN2C(=O)S/C(=C/c3ccc(-c4cc(Cl)ccc4C)o3)C2=O)cc1. The van der Waals surface area contributed by atoms with Gasteiger partial charge in [0.1, 0.15) is 23.8 Å². The van der Waals surface area contributed by atoms with Crippen LogP contribution in [0.15, 0.2) is 63.9 Å². The monoisotopic (exact) mass is 496 g/mol. The van der Waals surface area contributed by atoms with E-state index in [1.165, 1.54) is 6.08 Å². The van der Waals surface area contributed by atoms with E-state index in [2.05, 4.69) is 5.32 Å². The van der Waals surface area contributed by atoms with E-state index < -0.39 is 17.1 Å². The first-order chi connectivity index (χ1) is 16.3. The summed E-state index contributed by atoms with van der Waals surface area (Å²) in [6.45, 7) is 3.97. The lowest BCUT2D eigenvalue weighted by Gasteiger charge is -2.12. The molecule has 2 aromatic carbocycles. The average molecular weight is 497 g/mol. The van der Waals surface area contributed by atoms with E-state index in [9.17, 15) is 14.4 Å². The normalized spacial score (nSPS) is 14.7. The van der Waals surface area contributed by atoms with Crippen molar-refractivity contribution in [2.24, 2.45) is 0 Å². The first kappa shape index (κ1) is 23.7. The molecule has 3 aromatic rings. The van der Waals surface area contributed by atoms with Crippen molar-refractivity contribution in [3.8, 4) is 17.1 Å². The number of aryl methyl sites for hydroxylation is 1. The van der Waals surface area contributed by atoms with Gasteiger partial charge >= 0.3 is 0 Å². The highest BCUT2D eigenvalue weighted by Crippen LogP contribution is 2.34. The Labute approximate surface area is 205 Å². The van der Waals surface area contributed by atoms with E-state index in [0.717, 1.165) is 27.8 Å². The van der Waals surface area contributed by atoms with Crippen LogP contribution >= 0.6 is 23.4 Å². The van der Waals surface area contributed by atoms with Crippen LogP contribution in [0.25, 0.3) is 17.4 Å². The van der Waals surface area contributed by atoms with E-state index in [1.54, 1.807) is 48.5 Å². The molecule has 3 amide bonds. The Hall–Kier alpha value is -3.49. The summed E-state index contributed by atoms with van der Waals surface area (Å²) >= 11 is 6.86. The molecule has 9 heteroatoms. The standard InChI is InChI=1S/C25H21ClN2O5S/c1-3-32-18-8-6-17(7-9-18)27-23(29)14-28-24(30)22(34-25(28)31)13-19-10-11-21(33-19)20-12-16(26)5-4-15(20)2/h4-13H,3,14H2,1-2H3,(H,27,29)/b22-13+. The van der Waals surface area contributed by atoms with Crippen LogP contribution < -0.4 is 10.1 Å². The second-order valence-corrected chi connectivity index (χ2v) is 8.86. The van der Waals surface area contributed by atoms with Crippen LogP contribution in [0.5, 0.6) is 5.75 Å². The number of imide groups is 1. The van der Waals surface area contributed by atoms with Crippen molar-refractivity contribution in [1.82, 2.24) is 4.90 Å². The van der Waals surface area contributed by atoms with Gasteiger partial charge in [-0.05, 0) is 79.7 Å². The van der Waals surface area contributed by atoms with Crippen molar-refractivity contribution >= 4 is 52.2 Å². The zero-order valence-electron chi connectivity index (χ0n) is 18.5. The van der Waals surface area contributed by atoms with E-state index in [1.807, 2.05) is 19.9 Å². The third-order valence-corrected chi connectivity index (χ3v) is 6.13. The van der Waals surface area contributed by atoms with Crippen molar-refractivity contribution < 1.29 is 23.5 Å². The molecule has 0 spiro atoms. The molecular formula is C25H21ClN2O5S. The number of benzene rings is 2. The third kappa shape index (κ3) is 5.35. The number of halogens is 1. The van der Waals surface area contributed by atoms with Crippen LogP contribution in [0.4, 0.5) is 10.5 Å². The highest BCUT2D eigenvalue weighted by Gasteiger charge is 2.36. The molecule has 0 bridgehead atoms. The van der Waals surface area contributed by atoms with Gasteiger partial charge in [0.15, 0.2) is 0 Å². The summed E-state index contributed by atoms with van der Waals surface area (Å²) in [6.07, 6.45) is 1.50. The number of hydrogen-bond acceptors (Lipinski definition) is 6. The van der Waals surface area contributed by atoms with Gasteiger partial charge in [-0.1, -0.05) is 17.7 Å². The fourth-order valence-electron chi connectivity index (χ4n) is 3.35. The lowest BCUT2D eigenvalue weighted by atomic mass is 10.1. The second-order valence-electron chi connectivity index (χ2n) is 7.43. The van der Waals surface area contributed by atoms with Crippen molar-refractivity contribution in [3.63, 3.8) is 0 Å². The van der Waals surface area contributed by atoms with Crippen LogP contribution in [0.2, 0.25) is 5.02 Å². The van der Waals surface area contributed by atoms with Gasteiger partial charge in [0.25, 0.3) is 11.1 Å². The summed E-state index contributed by atoms with van der Waals surface area (Å²) < 4.78 is 11.2. The summed E-state index contributed by atoms with van der Waals surface area (Å²) in [7, 11) is 0. The zero-order chi connectivity index (χ0) is 24.2. The molecule has 34 heavy (non-hydrogen) atoms. The molecule has 0 saturated carbocycles. The lowest BCUT2D eigenvalue weighted by Crippen LogP contribution is -2.36. The number of furan rings is 1. The van der Waals surface area contributed by atoms with Crippen LogP contribution in [0.1, 0.15) is 18.2 Å². The van der Waals surface area contributed by atoms with Crippen LogP contribution in [0, 0.1) is 6.92 Å². The summed E-state index contributed by atoms with van der Waals surface area (Å²) in [6, 6.07) is 15.8. The molecule has 2 heterocycles. The molecule has 1 N–H and O–H groups in total. The van der Waals surface area contributed by atoms with Gasteiger partial charge in [-0.25, -0.2) is 0 Å². The number of amides is 3. The van der Waals surface area contributed by atoms with E-state index in [-0.39, 0.29) is 11.4 Å². The van der Waals surface area contributed by atoms with Crippen molar-refractivity contribution in [2.75, 3.05) is 18.5 Å². The maximum absolute atomic E-state index is 12.8. The Kier molecular flexibility index (Phi) is 7.09. The second kappa shape index (κ2) is 10.2. The molecule has 174 valence electrons. The van der Waals surface area contributed by atoms with Crippen molar-refractivity contribution in [1.29, 1.82) is 0 Å². The Morgan fingerprint density at radius 3 is 2.65 bits per heavy atom. The molecule has 0 unspecified atom stereocenters. The number of thioether (sulfide) groups is 1. The maximum Gasteiger partial charge on any atom is 0.294 e. The van der Waals surface area contributed by atoms with E-state index >= 15 is 0 Å². The molecule has 0 radical (unpaired) electrons. The van der Waals surface area contributed by atoms with Gasteiger partial charge in [0, 0.05) is 22.3 Å². The predicted molar refractivity (Wildman–Crippen MR) is 133 cm³/mol. The first-order valence-corrected chi connectivity index (χ1v) is 11.7. The molecule has 1 aromatic heterocycles. The molecule has 1 fully saturated rings. The number of carbonyl (C=O) groups is 3. The molecule has 0 aliphatic carbocycles. The Morgan fingerprint density at radius 2 is 1.91 bits per heavy atom. The Balaban J connectivity index is 1.43. The number of nitrogens with zero attached hydrogens (tertiary/aromatic N) is 1. The predicted octanol–water partition coefficient (Wildman–Crippen LogP) is 5.98. The van der Waals surface area contributed by atoms with Gasteiger partial charge in [-0.15, -0.1) is 0 Å². The number of ether oxygens (including phenoxy) is 1. The fourth-order valence-corrected chi connectivity index (χ4v) is 4.34. The number of carbonyl (C=O) groups excluding carboxylic acids is 3. The molecule has 1 aliphatic heterocycles. The highest BCUT2D eigenvalue weighted by atomic mass is 35.5. The highest BCUT2D eigenvalue weighted by molar-refractivity contribution is 8.18. The molecule has 1 aliphatic rings. The smallest absolute Gasteiger partial charge is 0.294 e. The third-order valence-electron chi connectivity index (χ3n) is 4.99. The van der Waals surface area contributed by atoms with Crippen LogP contribution in [-0.4, -0.2) is 35.1 Å². The van der Waals surface area contributed by atoms with Gasteiger partial charge in [-0.3, -0.25) is 19.3 Å². The minimum Gasteiger partial charge on any atom is -0.494 e. The minimum absolute atomic E-state index is 0.183. The van der Waals surface area contributed by atoms with Crippen LogP contribution in [-0.2, 0) is 9.59 Å². The summed E-state index contributed by atoms with van der Waals surface area (Å²) in [5.41, 5.74) is 2.37. The molecular weight excluding hydrogens is 476 g/mol. The molecule has 4 rings (SSSR count). The van der Waals surface area contributed by atoms with E-state index in [0.29, 0.717) is 34.6 Å². The summed E-state index contributed by atoms with van der Waals surface area (Å²) in [4.78, 5) is 38.6. The minimum atomic E-state index is -0.547.